The second-order valence-electron chi connectivity index (χ2n) is 6.35. The quantitative estimate of drug-likeness (QED) is 0.844. The molecule has 108 valence electrons. The van der Waals surface area contributed by atoms with E-state index in [-0.39, 0.29) is 17.9 Å². The molecule has 2 saturated heterocycles. The molecule has 1 aromatic rings. The minimum atomic E-state index is -0.0547. The number of nitrogens with zero attached hydrogens (tertiary/aromatic N) is 3. The highest BCUT2D eigenvalue weighted by Crippen LogP contribution is 2.33. The summed E-state index contributed by atoms with van der Waals surface area (Å²) >= 11 is 0. The topological polar surface area (TPSA) is 71.8 Å². The second-order valence-corrected chi connectivity index (χ2v) is 6.35. The van der Waals surface area contributed by atoms with E-state index in [0.717, 1.165) is 43.9 Å². The number of hydrogen-bond donors (Lipinski definition) is 2. The van der Waals surface area contributed by atoms with Gasteiger partial charge in [0.05, 0.1) is 12.0 Å². The highest BCUT2D eigenvalue weighted by molar-refractivity contribution is 5.80. The fourth-order valence-electron chi connectivity index (χ4n) is 3.99. The molecular formula is C14H21N5O. The Bertz CT molecular complexity index is 540. The lowest BCUT2D eigenvalue weighted by atomic mass is 9.88. The first-order chi connectivity index (χ1) is 9.72. The number of hydrogen-bond acceptors (Lipinski definition) is 4. The van der Waals surface area contributed by atoms with Crippen molar-refractivity contribution in [2.75, 3.05) is 0 Å². The van der Waals surface area contributed by atoms with Crippen LogP contribution in [0.3, 0.4) is 0 Å². The first-order valence-corrected chi connectivity index (χ1v) is 7.71. The highest BCUT2D eigenvalue weighted by atomic mass is 16.2. The van der Waals surface area contributed by atoms with E-state index in [9.17, 15) is 4.79 Å². The second kappa shape index (κ2) is 4.55. The molecule has 4 unspecified atom stereocenters. The zero-order valence-electron chi connectivity index (χ0n) is 11.8. The van der Waals surface area contributed by atoms with E-state index in [1.807, 2.05) is 6.92 Å². The van der Waals surface area contributed by atoms with E-state index in [1.165, 1.54) is 6.42 Å². The van der Waals surface area contributed by atoms with Crippen LogP contribution in [0.1, 0.15) is 50.3 Å². The molecule has 4 atom stereocenters. The molecule has 0 radical (unpaired) electrons. The predicted octanol–water partition coefficient (Wildman–Crippen LogP) is 0.542. The number of aryl methyl sites for hydroxylation is 1. The Morgan fingerprint density at radius 1 is 1.45 bits per heavy atom. The number of carbonyl (C=O) groups is 1. The molecule has 2 fully saturated rings. The standard InChI is InChI=1S/C14H21N5O/c1-8(13-18-17-12-3-2-6-19(12)13)15-14(20)10-7-9-4-5-11(10)16-9/h8-11,16H,2-7H2,1H3,(H,15,20). The van der Waals surface area contributed by atoms with Gasteiger partial charge in [-0.2, -0.15) is 0 Å². The van der Waals surface area contributed by atoms with Crippen LogP contribution >= 0.6 is 0 Å². The van der Waals surface area contributed by atoms with Crippen LogP contribution in [0, 0.1) is 5.92 Å². The number of carbonyl (C=O) groups excluding carboxylic acids is 1. The summed E-state index contributed by atoms with van der Waals surface area (Å²) in [6, 6.07) is 0.890. The lowest BCUT2D eigenvalue weighted by molar-refractivity contribution is -0.126. The van der Waals surface area contributed by atoms with Gasteiger partial charge in [-0.15, -0.1) is 10.2 Å². The molecule has 6 nitrogen and oxygen atoms in total. The molecule has 2 bridgehead atoms. The Morgan fingerprint density at radius 2 is 2.35 bits per heavy atom. The zero-order valence-corrected chi connectivity index (χ0v) is 11.8. The maximum absolute atomic E-state index is 12.4. The third-order valence-electron chi connectivity index (χ3n) is 5.02. The van der Waals surface area contributed by atoms with Gasteiger partial charge in [-0.05, 0) is 32.6 Å². The number of nitrogens with one attached hydrogen (secondary N) is 2. The lowest BCUT2D eigenvalue weighted by Crippen LogP contribution is -2.39. The van der Waals surface area contributed by atoms with Gasteiger partial charge in [-0.1, -0.05) is 0 Å². The normalized spacial score (nSPS) is 32.4. The fraction of sp³-hybridized carbons (Fsp3) is 0.786. The molecule has 0 saturated carbocycles. The van der Waals surface area contributed by atoms with Crippen molar-refractivity contribution in [3.05, 3.63) is 11.6 Å². The van der Waals surface area contributed by atoms with Crippen molar-refractivity contribution in [1.29, 1.82) is 0 Å². The molecule has 3 aliphatic heterocycles. The van der Waals surface area contributed by atoms with Gasteiger partial charge in [-0.3, -0.25) is 4.79 Å². The third kappa shape index (κ3) is 1.85. The monoisotopic (exact) mass is 275 g/mol. The fourth-order valence-corrected chi connectivity index (χ4v) is 3.99. The Morgan fingerprint density at radius 3 is 3.10 bits per heavy atom. The number of amides is 1. The Balaban J connectivity index is 1.44. The maximum Gasteiger partial charge on any atom is 0.225 e. The number of aromatic nitrogens is 3. The van der Waals surface area contributed by atoms with E-state index < -0.39 is 0 Å². The number of rotatable bonds is 3. The SMILES string of the molecule is CC(NC(=O)C1CC2CCC1N2)c1nnc2n1CCC2. The van der Waals surface area contributed by atoms with Gasteiger partial charge in [-0.25, -0.2) is 0 Å². The predicted molar refractivity (Wildman–Crippen MR) is 73.0 cm³/mol. The van der Waals surface area contributed by atoms with Crippen molar-refractivity contribution in [2.45, 2.75) is 63.7 Å². The summed E-state index contributed by atoms with van der Waals surface area (Å²) in [7, 11) is 0. The smallest absolute Gasteiger partial charge is 0.225 e. The summed E-state index contributed by atoms with van der Waals surface area (Å²) in [6.07, 6.45) is 5.49. The molecule has 1 aromatic heterocycles. The van der Waals surface area contributed by atoms with Gasteiger partial charge < -0.3 is 15.2 Å². The van der Waals surface area contributed by atoms with Crippen molar-refractivity contribution in [3.63, 3.8) is 0 Å². The molecule has 4 heterocycles. The molecule has 6 heteroatoms. The Hall–Kier alpha value is -1.43. The summed E-state index contributed by atoms with van der Waals surface area (Å²) in [6.45, 7) is 2.99. The average Bonchev–Trinajstić information content (AvgIpc) is 3.17. The van der Waals surface area contributed by atoms with Crippen LogP contribution in [0.2, 0.25) is 0 Å². The Labute approximate surface area is 118 Å². The summed E-state index contributed by atoms with van der Waals surface area (Å²) in [4.78, 5) is 12.4. The van der Waals surface area contributed by atoms with Gasteiger partial charge in [0.15, 0.2) is 5.82 Å². The van der Waals surface area contributed by atoms with Crippen molar-refractivity contribution < 1.29 is 4.79 Å². The summed E-state index contributed by atoms with van der Waals surface area (Å²) in [5.41, 5.74) is 0. The Kier molecular flexibility index (Phi) is 2.80. The van der Waals surface area contributed by atoms with E-state index in [0.29, 0.717) is 12.1 Å². The van der Waals surface area contributed by atoms with Crippen LogP contribution in [0.4, 0.5) is 0 Å². The van der Waals surface area contributed by atoms with Crippen LogP contribution in [0.15, 0.2) is 0 Å². The van der Waals surface area contributed by atoms with Crippen molar-refractivity contribution in [3.8, 4) is 0 Å². The molecule has 20 heavy (non-hydrogen) atoms. The minimum Gasteiger partial charge on any atom is -0.346 e. The van der Waals surface area contributed by atoms with Crippen LogP contribution in [0.25, 0.3) is 0 Å². The van der Waals surface area contributed by atoms with E-state index >= 15 is 0 Å². The zero-order chi connectivity index (χ0) is 13.7. The number of fused-ring (bicyclic) bond motifs is 3. The first-order valence-electron chi connectivity index (χ1n) is 7.71. The third-order valence-corrected chi connectivity index (χ3v) is 5.02. The maximum atomic E-state index is 12.4. The van der Waals surface area contributed by atoms with E-state index in [2.05, 4.69) is 25.4 Å². The van der Waals surface area contributed by atoms with Crippen molar-refractivity contribution in [1.82, 2.24) is 25.4 Å². The van der Waals surface area contributed by atoms with Crippen molar-refractivity contribution >= 4 is 5.91 Å². The van der Waals surface area contributed by atoms with Gasteiger partial charge in [0.25, 0.3) is 0 Å². The van der Waals surface area contributed by atoms with E-state index in [4.69, 9.17) is 0 Å². The molecular weight excluding hydrogens is 254 g/mol. The van der Waals surface area contributed by atoms with Gasteiger partial charge in [0.2, 0.25) is 5.91 Å². The minimum absolute atomic E-state index is 0.0547. The average molecular weight is 275 g/mol. The van der Waals surface area contributed by atoms with E-state index in [1.54, 1.807) is 0 Å². The summed E-state index contributed by atoms with van der Waals surface area (Å²) in [5.74, 6) is 2.27. The van der Waals surface area contributed by atoms with Crippen LogP contribution in [-0.2, 0) is 17.8 Å². The van der Waals surface area contributed by atoms with Gasteiger partial charge in [0.1, 0.15) is 5.82 Å². The van der Waals surface area contributed by atoms with Gasteiger partial charge >= 0.3 is 0 Å². The molecule has 1 amide bonds. The molecule has 4 rings (SSSR count). The molecule has 0 aliphatic carbocycles. The summed E-state index contributed by atoms with van der Waals surface area (Å²) in [5, 5.41) is 15.1. The molecule has 3 aliphatic rings. The van der Waals surface area contributed by atoms with Crippen molar-refractivity contribution in [2.24, 2.45) is 5.92 Å². The van der Waals surface area contributed by atoms with Gasteiger partial charge in [0, 0.05) is 25.0 Å². The molecule has 0 aromatic carbocycles. The summed E-state index contributed by atoms with van der Waals surface area (Å²) < 4.78 is 2.16. The van der Waals surface area contributed by atoms with Crippen LogP contribution in [-0.4, -0.2) is 32.8 Å². The largest absolute Gasteiger partial charge is 0.346 e. The molecule has 0 spiro atoms. The lowest BCUT2D eigenvalue weighted by Gasteiger charge is -2.22. The van der Waals surface area contributed by atoms with Crippen LogP contribution in [0.5, 0.6) is 0 Å². The van der Waals surface area contributed by atoms with Crippen LogP contribution < -0.4 is 10.6 Å². The molecule has 2 N–H and O–H groups in total. The highest BCUT2D eigenvalue weighted by Gasteiger charge is 2.43. The first kappa shape index (κ1) is 12.3.